The van der Waals surface area contributed by atoms with Crippen LogP contribution in [-0.4, -0.2) is 19.1 Å². The van der Waals surface area contributed by atoms with Crippen molar-refractivity contribution in [1.82, 2.24) is 19.1 Å². The van der Waals surface area contributed by atoms with E-state index in [9.17, 15) is 5.26 Å². The second kappa shape index (κ2) is 12.9. The van der Waals surface area contributed by atoms with Gasteiger partial charge in [-0.05, 0) is 48.5 Å². The van der Waals surface area contributed by atoms with E-state index in [1.807, 2.05) is 72.8 Å². The Morgan fingerprint density at radius 2 is 1.00 bits per heavy atom. The molecule has 0 aliphatic rings. The fourth-order valence-electron chi connectivity index (χ4n) is 9.02. The van der Waals surface area contributed by atoms with Crippen molar-refractivity contribution in [2.24, 2.45) is 0 Å². The third-order valence-corrected chi connectivity index (χ3v) is 11.5. The van der Waals surface area contributed by atoms with Crippen LogP contribution in [0.15, 0.2) is 192 Å². The molecule has 0 saturated heterocycles. The summed E-state index contributed by atoms with van der Waals surface area (Å²) in [7, 11) is 0. The van der Waals surface area contributed by atoms with Crippen LogP contribution in [0.5, 0.6) is 0 Å². The van der Waals surface area contributed by atoms with E-state index < -0.39 is 0 Å². The maximum atomic E-state index is 11.1. The van der Waals surface area contributed by atoms with E-state index in [1.54, 1.807) is 0 Å². The maximum absolute atomic E-state index is 11.1. The van der Waals surface area contributed by atoms with Crippen molar-refractivity contribution < 1.29 is 4.42 Å². The third kappa shape index (κ3) is 4.92. The molecular formula is C53H31N5O. The number of aromatic nitrogens is 4. The zero-order chi connectivity index (χ0) is 39.0. The fraction of sp³-hybridized carbons (Fsp3) is 0. The molecule has 0 radical (unpaired) electrons. The monoisotopic (exact) mass is 753 g/mol. The standard InChI is InChI=1S/C53H31N5O/c54-32-36-30-35(42-31-41(33-16-4-1-5-17-33)55-53(56-42)34-18-6-2-7-19-34)28-29-43(36)58-45-26-14-11-23-39(45)48-51(58)47-38-22-10-13-25-44(38)57(37-20-8-3-9-21-37)50(47)49-40-24-12-15-27-46(40)59-52(48)49/h1-31H. The van der Waals surface area contributed by atoms with Gasteiger partial charge in [-0.3, -0.25) is 0 Å². The topological polar surface area (TPSA) is 72.6 Å². The molecular weight excluding hydrogens is 723 g/mol. The minimum absolute atomic E-state index is 0.524. The van der Waals surface area contributed by atoms with Crippen LogP contribution >= 0.6 is 0 Å². The highest BCUT2D eigenvalue weighted by Crippen LogP contribution is 2.49. The normalized spacial score (nSPS) is 11.7. The van der Waals surface area contributed by atoms with Gasteiger partial charge in [0.25, 0.3) is 0 Å². The van der Waals surface area contributed by atoms with Crippen molar-refractivity contribution in [1.29, 1.82) is 5.26 Å². The second-order valence-corrected chi connectivity index (χ2v) is 14.8. The lowest BCUT2D eigenvalue weighted by Crippen LogP contribution is -2.00. The summed E-state index contributed by atoms with van der Waals surface area (Å²) < 4.78 is 11.6. The van der Waals surface area contributed by atoms with Crippen molar-refractivity contribution in [3.8, 4) is 51.3 Å². The van der Waals surface area contributed by atoms with E-state index in [4.69, 9.17) is 14.4 Å². The molecule has 12 rings (SSSR count). The molecule has 0 spiro atoms. The zero-order valence-electron chi connectivity index (χ0n) is 31.5. The summed E-state index contributed by atoms with van der Waals surface area (Å²) in [4.78, 5) is 10.1. The molecule has 0 aliphatic heterocycles. The number of hydrogen-bond acceptors (Lipinski definition) is 4. The average molecular weight is 754 g/mol. The number of hydrogen-bond donors (Lipinski definition) is 0. The number of fused-ring (bicyclic) bond motifs is 12. The van der Waals surface area contributed by atoms with E-state index in [0.29, 0.717) is 11.4 Å². The summed E-state index contributed by atoms with van der Waals surface area (Å²) >= 11 is 0. The summed E-state index contributed by atoms with van der Waals surface area (Å²) in [5.41, 5.74) is 12.4. The van der Waals surface area contributed by atoms with Crippen molar-refractivity contribution in [2.45, 2.75) is 0 Å². The van der Waals surface area contributed by atoms with Crippen LogP contribution < -0.4 is 0 Å². The Balaban J connectivity index is 1.20. The summed E-state index contributed by atoms with van der Waals surface area (Å²) in [6.07, 6.45) is 0. The van der Waals surface area contributed by atoms with Crippen LogP contribution in [0.1, 0.15) is 5.56 Å². The predicted molar refractivity (Wildman–Crippen MR) is 239 cm³/mol. The molecule has 59 heavy (non-hydrogen) atoms. The Labute approximate surface area is 338 Å². The molecule has 6 nitrogen and oxygen atoms in total. The molecule has 0 aliphatic carbocycles. The molecule has 12 aromatic rings. The molecule has 0 unspecified atom stereocenters. The molecule has 0 atom stereocenters. The number of nitriles is 1. The van der Waals surface area contributed by atoms with Gasteiger partial charge in [-0.1, -0.05) is 140 Å². The minimum atomic E-state index is 0.524. The molecule has 0 amide bonds. The molecule has 0 bridgehead atoms. The molecule has 4 aromatic heterocycles. The van der Waals surface area contributed by atoms with Gasteiger partial charge in [0.2, 0.25) is 0 Å². The highest BCUT2D eigenvalue weighted by atomic mass is 16.3. The fourth-order valence-corrected chi connectivity index (χ4v) is 9.02. The van der Waals surface area contributed by atoms with Crippen LogP contribution in [-0.2, 0) is 0 Å². The van der Waals surface area contributed by atoms with Crippen LogP contribution in [0.25, 0.3) is 111 Å². The van der Waals surface area contributed by atoms with Crippen molar-refractivity contribution in [3.63, 3.8) is 0 Å². The SMILES string of the molecule is N#Cc1cc(-c2cc(-c3ccccc3)nc(-c3ccccc3)n2)ccc1-n1c2ccccc2c2c3oc4ccccc4c3c3c(c4ccccc4n3-c3ccccc3)c21. The molecule has 274 valence electrons. The van der Waals surface area contributed by atoms with Gasteiger partial charge >= 0.3 is 0 Å². The van der Waals surface area contributed by atoms with Gasteiger partial charge in [0, 0.05) is 43.9 Å². The van der Waals surface area contributed by atoms with Crippen LogP contribution in [0.3, 0.4) is 0 Å². The Kier molecular flexibility index (Phi) is 7.19. The molecule has 6 heteroatoms. The molecule has 8 aromatic carbocycles. The van der Waals surface area contributed by atoms with Crippen LogP contribution in [0.2, 0.25) is 0 Å². The van der Waals surface area contributed by atoms with Gasteiger partial charge in [0.1, 0.15) is 17.2 Å². The number of nitrogens with zero attached hydrogens (tertiary/aromatic N) is 5. The first-order chi connectivity index (χ1) is 29.2. The number of benzene rings is 8. The first kappa shape index (κ1) is 32.9. The van der Waals surface area contributed by atoms with Gasteiger partial charge in [0.15, 0.2) is 5.82 Å². The Hall–Kier alpha value is -8.27. The van der Waals surface area contributed by atoms with Crippen molar-refractivity contribution in [2.75, 3.05) is 0 Å². The third-order valence-electron chi connectivity index (χ3n) is 11.5. The van der Waals surface area contributed by atoms with E-state index in [2.05, 4.69) is 130 Å². The van der Waals surface area contributed by atoms with Crippen LogP contribution in [0, 0.1) is 11.3 Å². The summed E-state index contributed by atoms with van der Waals surface area (Å²) in [5.74, 6) is 0.624. The zero-order valence-corrected chi connectivity index (χ0v) is 31.5. The summed E-state index contributed by atoms with van der Waals surface area (Å²) in [6.45, 7) is 0. The van der Waals surface area contributed by atoms with Crippen LogP contribution in [0.4, 0.5) is 0 Å². The summed E-state index contributed by atoms with van der Waals surface area (Å²) in [5, 5.41) is 17.5. The van der Waals surface area contributed by atoms with E-state index in [1.165, 1.54) is 0 Å². The maximum Gasteiger partial charge on any atom is 0.160 e. The van der Waals surface area contributed by atoms with Crippen molar-refractivity contribution >= 4 is 65.6 Å². The molecule has 0 saturated carbocycles. The summed E-state index contributed by atoms with van der Waals surface area (Å²) in [6, 6.07) is 66.8. The van der Waals surface area contributed by atoms with Crippen molar-refractivity contribution in [3.05, 3.63) is 194 Å². The van der Waals surface area contributed by atoms with Gasteiger partial charge < -0.3 is 13.6 Å². The molecule has 0 fully saturated rings. The Bertz CT molecular complexity index is 3610. The smallest absolute Gasteiger partial charge is 0.160 e. The molecule has 4 heterocycles. The quantitative estimate of drug-likeness (QED) is 0.175. The minimum Gasteiger partial charge on any atom is -0.455 e. The predicted octanol–water partition coefficient (Wildman–Crippen LogP) is 13.4. The van der Waals surface area contributed by atoms with E-state index >= 15 is 0 Å². The lowest BCUT2D eigenvalue weighted by atomic mass is 10.0. The van der Waals surface area contributed by atoms with Gasteiger partial charge in [-0.15, -0.1) is 0 Å². The average Bonchev–Trinajstić information content (AvgIpc) is 3.97. The second-order valence-electron chi connectivity index (χ2n) is 14.8. The number of furan rings is 1. The largest absolute Gasteiger partial charge is 0.455 e. The highest BCUT2D eigenvalue weighted by Gasteiger charge is 2.28. The Morgan fingerprint density at radius 3 is 1.71 bits per heavy atom. The number of rotatable bonds is 5. The van der Waals surface area contributed by atoms with Gasteiger partial charge in [-0.2, -0.15) is 5.26 Å². The Morgan fingerprint density at radius 1 is 0.458 bits per heavy atom. The molecule has 0 N–H and O–H groups in total. The lowest BCUT2D eigenvalue weighted by molar-refractivity contribution is 0.673. The number of para-hydroxylation sites is 4. The first-order valence-corrected chi connectivity index (χ1v) is 19.6. The van der Waals surface area contributed by atoms with E-state index in [-0.39, 0.29) is 0 Å². The highest BCUT2D eigenvalue weighted by molar-refractivity contribution is 6.39. The van der Waals surface area contributed by atoms with Gasteiger partial charge in [0.05, 0.1) is 55.5 Å². The van der Waals surface area contributed by atoms with Gasteiger partial charge in [-0.25, -0.2) is 9.97 Å². The van der Waals surface area contributed by atoms with E-state index in [0.717, 1.165) is 105 Å². The first-order valence-electron chi connectivity index (χ1n) is 19.6. The lowest BCUT2D eigenvalue weighted by Gasteiger charge is -2.14.